The predicted molar refractivity (Wildman–Crippen MR) is 92.5 cm³/mol. The quantitative estimate of drug-likeness (QED) is 0.908. The lowest BCUT2D eigenvalue weighted by Gasteiger charge is -2.30. The highest BCUT2D eigenvalue weighted by molar-refractivity contribution is 6.25. The number of aryl methyl sites for hydroxylation is 2. The number of aliphatic hydroxyl groups is 1. The standard InChI is InChI=1S/C20H25FO4/c1-11-8-14(21)9-12(2)17(11)18-16(24-3)10-15(20(18)23)19(22)13-4-6-25-7-5-13/h8-9,13,15,19,22H,4-7,10H2,1-3H3. The van der Waals surface area contributed by atoms with Gasteiger partial charge in [0, 0.05) is 19.6 Å². The number of ether oxygens (including phenoxy) is 2. The number of hydrogen-bond acceptors (Lipinski definition) is 4. The predicted octanol–water partition coefficient (Wildman–Crippen LogP) is 3.18. The maximum absolute atomic E-state index is 13.6. The Morgan fingerprint density at radius 1 is 1.24 bits per heavy atom. The van der Waals surface area contributed by atoms with Gasteiger partial charge < -0.3 is 14.6 Å². The Balaban J connectivity index is 1.93. The smallest absolute Gasteiger partial charge is 0.172 e. The second-order valence-corrected chi connectivity index (χ2v) is 7.03. The Labute approximate surface area is 147 Å². The molecule has 4 nitrogen and oxygen atoms in total. The molecule has 0 radical (unpaired) electrons. The van der Waals surface area contributed by atoms with Crippen LogP contribution in [0.4, 0.5) is 4.39 Å². The molecule has 1 aromatic carbocycles. The molecule has 1 saturated heterocycles. The van der Waals surface area contributed by atoms with E-state index < -0.39 is 12.0 Å². The summed E-state index contributed by atoms with van der Waals surface area (Å²) in [4.78, 5) is 13.1. The van der Waals surface area contributed by atoms with Gasteiger partial charge in [-0.25, -0.2) is 4.39 Å². The molecule has 1 aliphatic carbocycles. The number of aliphatic hydroxyl groups excluding tert-OH is 1. The third-order valence-electron chi connectivity index (χ3n) is 5.42. The lowest BCUT2D eigenvalue weighted by atomic mass is 9.82. The van der Waals surface area contributed by atoms with Crippen LogP contribution in [0.1, 0.15) is 36.0 Å². The molecule has 0 saturated carbocycles. The minimum atomic E-state index is -0.708. The highest BCUT2D eigenvalue weighted by Gasteiger charge is 2.42. The van der Waals surface area contributed by atoms with Crippen molar-refractivity contribution >= 4 is 11.4 Å². The van der Waals surface area contributed by atoms with E-state index in [4.69, 9.17) is 9.47 Å². The fourth-order valence-electron chi connectivity index (χ4n) is 4.13. The van der Waals surface area contributed by atoms with E-state index in [1.807, 2.05) is 0 Å². The summed E-state index contributed by atoms with van der Waals surface area (Å²) in [6.07, 6.45) is 1.20. The average Bonchev–Trinajstić information content (AvgIpc) is 2.91. The molecule has 3 rings (SSSR count). The summed E-state index contributed by atoms with van der Waals surface area (Å²) < 4.78 is 24.5. The molecule has 0 spiro atoms. The second kappa shape index (κ2) is 7.26. The van der Waals surface area contributed by atoms with Gasteiger partial charge in [-0.1, -0.05) is 0 Å². The maximum Gasteiger partial charge on any atom is 0.172 e. The maximum atomic E-state index is 13.6. The normalized spacial score (nSPS) is 23.2. The number of carbonyl (C=O) groups is 1. The first-order chi connectivity index (χ1) is 11.9. The molecule has 5 heteroatoms. The molecule has 1 aliphatic heterocycles. The molecule has 0 amide bonds. The third kappa shape index (κ3) is 3.35. The number of Topliss-reactive ketones (excluding diaryl/α,β-unsaturated/α-hetero) is 1. The summed E-state index contributed by atoms with van der Waals surface area (Å²) in [7, 11) is 1.54. The highest BCUT2D eigenvalue weighted by atomic mass is 19.1. The molecule has 1 N–H and O–H groups in total. The van der Waals surface area contributed by atoms with Gasteiger partial charge in [0.25, 0.3) is 0 Å². The van der Waals surface area contributed by atoms with Gasteiger partial charge in [0.05, 0.1) is 24.7 Å². The van der Waals surface area contributed by atoms with E-state index >= 15 is 0 Å². The van der Waals surface area contributed by atoms with Crippen LogP contribution in [0, 0.1) is 31.5 Å². The lowest BCUT2D eigenvalue weighted by Crippen LogP contribution is -2.36. The molecule has 0 bridgehead atoms. The van der Waals surface area contributed by atoms with Gasteiger partial charge in [-0.15, -0.1) is 0 Å². The first-order valence-electron chi connectivity index (χ1n) is 8.78. The molecule has 2 atom stereocenters. The van der Waals surface area contributed by atoms with Gasteiger partial charge in [-0.3, -0.25) is 4.79 Å². The zero-order chi connectivity index (χ0) is 18.1. The van der Waals surface area contributed by atoms with Crippen molar-refractivity contribution in [3.05, 3.63) is 40.4 Å². The van der Waals surface area contributed by atoms with E-state index in [9.17, 15) is 14.3 Å². The molecule has 0 aromatic heterocycles. The Bertz CT molecular complexity index is 681. The van der Waals surface area contributed by atoms with Gasteiger partial charge in [0.1, 0.15) is 11.6 Å². The molecule has 1 aromatic rings. The Morgan fingerprint density at radius 3 is 2.40 bits per heavy atom. The Morgan fingerprint density at radius 2 is 1.84 bits per heavy atom. The lowest BCUT2D eigenvalue weighted by molar-refractivity contribution is -0.122. The molecule has 136 valence electrons. The van der Waals surface area contributed by atoms with Crippen LogP contribution >= 0.6 is 0 Å². The van der Waals surface area contributed by atoms with Crippen molar-refractivity contribution in [3.63, 3.8) is 0 Å². The number of carbonyl (C=O) groups excluding carboxylic acids is 1. The molecule has 25 heavy (non-hydrogen) atoms. The van der Waals surface area contributed by atoms with Crippen LogP contribution < -0.4 is 0 Å². The second-order valence-electron chi connectivity index (χ2n) is 7.03. The SMILES string of the molecule is COC1=C(c2c(C)cc(F)cc2C)C(=O)C(C(O)C2CCOCC2)C1. The van der Waals surface area contributed by atoms with Crippen molar-refractivity contribution < 1.29 is 23.8 Å². The molecular weight excluding hydrogens is 323 g/mol. The number of allylic oxidation sites excluding steroid dienone is 2. The van der Waals surface area contributed by atoms with Crippen molar-refractivity contribution in [1.29, 1.82) is 0 Å². The van der Waals surface area contributed by atoms with Crippen LogP contribution in [-0.2, 0) is 14.3 Å². The van der Waals surface area contributed by atoms with Crippen molar-refractivity contribution in [1.82, 2.24) is 0 Å². The van der Waals surface area contributed by atoms with Gasteiger partial charge in [-0.2, -0.15) is 0 Å². The third-order valence-corrected chi connectivity index (χ3v) is 5.42. The number of halogens is 1. The first-order valence-corrected chi connectivity index (χ1v) is 8.78. The number of rotatable bonds is 4. The summed E-state index contributed by atoms with van der Waals surface area (Å²) in [5.41, 5.74) is 2.63. The zero-order valence-corrected chi connectivity index (χ0v) is 15.0. The van der Waals surface area contributed by atoms with Crippen molar-refractivity contribution in [3.8, 4) is 0 Å². The number of ketones is 1. The van der Waals surface area contributed by atoms with Crippen LogP contribution in [0.2, 0.25) is 0 Å². The Hall–Kier alpha value is -1.72. The van der Waals surface area contributed by atoms with Crippen molar-refractivity contribution in [2.75, 3.05) is 20.3 Å². The molecule has 1 heterocycles. The van der Waals surface area contributed by atoms with E-state index in [0.717, 1.165) is 18.4 Å². The summed E-state index contributed by atoms with van der Waals surface area (Å²) in [5, 5.41) is 10.8. The average molecular weight is 348 g/mol. The summed E-state index contributed by atoms with van der Waals surface area (Å²) in [6, 6.07) is 2.86. The van der Waals surface area contributed by atoms with Crippen LogP contribution in [0.5, 0.6) is 0 Å². The summed E-state index contributed by atoms with van der Waals surface area (Å²) in [5.74, 6) is -0.275. The largest absolute Gasteiger partial charge is 0.500 e. The highest BCUT2D eigenvalue weighted by Crippen LogP contribution is 2.41. The van der Waals surface area contributed by atoms with Crippen LogP contribution in [0.25, 0.3) is 5.57 Å². The van der Waals surface area contributed by atoms with E-state index in [1.165, 1.54) is 12.1 Å². The number of benzene rings is 1. The summed E-state index contributed by atoms with van der Waals surface area (Å²) >= 11 is 0. The topological polar surface area (TPSA) is 55.8 Å². The van der Waals surface area contributed by atoms with Gasteiger partial charge in [0.2, 0.25) is 0 Å². The van der Waals surface area contributed by atoms with E-state index in [2.05, 4.69) is 0 Å². The fourth-order valence-corrected chi connectivity index (χ4v) is 4.13. The van der Waals surface area contributed by atoms with Crippen LogP contribution in [0.15, 0.2) is 17.9 Å². The minimum Gasteiger partial charge on any atom is -0.500 e. The molecule has 1 fully saturated rings. The number of hydrogen-bond donors (Lipinski definition) is 1. The van der Waals surface area contributed by atoms with E-state index in [0.29, 0.717) is 42.1 Å². The summed E-state index contributed by atoms with van der Waals surface area (Å²) in [6.45, 7) is 4.83. The Kier molecular flexibility index (Phi) is 5.25. The number of methoxy groups -OCH3 is 1. The van der Waals surface area contributed by atoms with E-state index in [1.54, 1.807) is 21.0 Å². The zero-order valence-electron chi connectivity index (χ0n) is 15.0. The first kappa shape index (κ1) is 18.1. The van der Waals surface area contributed by atoms with Crippen LogP contribution in [-0.4, -0.2) is 37.3 Å². The monoisotopic (exact) mass is 348 g/mol. The van der Waals surface area contributed by atoms with Crippen molar-refractivity contribution in [2.24, 2.45) is 11.8 Å². The molecular formula is C20H25FO4. The van der Waals surface area contributed by atoms with Crippen LogP contribution in [0.3, 0.4) is 0 Å². The van der Waals surface area contributed by atoms with E-state index in [-0.39, 0.29) is 17.5 Å². The van der Waals surface area contributed by atoms with Gasteiger partial charge in [-0.05, 0) is 61.4 Å². The van der Waals surface area contributed by atoms with Gasteiger partial charge in [0.15, 0.2) is 5.78 Å². The molecule has 2 aliphatic rings. The molecule has 2 unspecified atom stereocenters. The van der Waals surface area contributed by atoms with Crippen molar-refractivity contribution in [2.45, 2.75) is 39.2 Å². The van der Waals surface area contributed by atoms with Gasteiger partial charge >= 0.3 is 0 Å². The minimum absolute atomic E-state index is 0.0653. The fraction of sp³-hybridized carbons (Fsp3) is 0.550.